The van der Waals surface area contributed by atoms with E-state index in [0.29, 0.717) is 6.04 Å². The van der Waals surface area contributed by atoms with E-state index >= 15 is 0 Å². The van der Waals surface area contributed by atoms with Gasteiger partial charge in [0.25, 0.3) is 0 Å². The summed E-state index contributed by atoms with van der Waals surface area (Å²) in [5.74, 6) is 3.56. The summed E-state index contributed by atoms with van der Waals surface area (Å²) < 4.78 is 5.84. The minimum atomic E-state index is -0.0356. The monoisotopic (exact) mass is 251 g/mol. The van der Waals surface area contributed by atoms with Gasteiger partial charge in [-0.05, 0) is 50.5 Å². The Kier molecular flexibility index (Phi) is 5.23. The quantitative estimate of drug-likeness (QED) is 0.816. The molecule has 15 heavy (non-hydrogen) atoms. The second kappa shape index (κ2) is 5.76. The molecule has 2 heterocycles. The lowest BCUT2D eigenvalue weighted by atomic mass is 9.93. The van der Waals surface area contributed by atoms with Crippen molar-refractivity contribution in [1.29, 1.82) is 0 Å². The first-order chi connectivity index (χ1) is 6.68. The zero-order valence-corrected chi connectivity index (χ0v) is 11.3. The van der Waals surface area contributed by atoms with Gasteiger partial charge in [0.1, 0.15) is 5.72 Å². The van der Waals surface area contributed by atoms with Crippen LogP contribution in [-0.4, -0.2) is 29.9 Å². The SMILES string of the molecule is CC1COC(C)(CC2CCSCC2)N1.Cl. The van der Waals surface area contributed by atoms with E-state index in [1.807, 2.05) is 0 Å². The van der Waals surface area contributed by atoms with Crippen LogP contribution >= 0.6 is 24.2 Å². The molecule has 0 aromatic carbocycles. The Morgan fingerprint density at radius 2 is 2.07 bits per heavy atom. The molecular formula is C11H22ClNOS. The van der Waals surface area contributed by atoms with E-state index in [1.54, 1.807) is 0 Å². The molecule has 0 saturated carbocycles. The molecule has 2 aliphatic rings. The maximum absolute atomic E-state index is 5.84. The summed E-state index contributed by atoms with van der Waals surface area (Å²) in [6.07, 6.45) is 3.94. The molecule has 0 aromatic rings. The van der Waals surface area contributed by atoms with Crippen LogP contribution in [0, 0.1) is 5.92 Å². The van der Waals surface area contributed by atoms with Crippen molar-refractivity contribution in [1.82, 2.24) is 5.32 Å². The highest BCUT2D eigenvalue weighted by Gasteiger charge is 2.35. The van der Waals surface area contributed by atoms with Crippen molar-refractivity contribution in [3.8, 4) is 0 Å². The molecule has 0 spiro atoms. The van der Waals surface area contributed by atoms with Crippen LogP contribution in [0.25, 0.3) is 0 Å². The summed E-state index contributed by atoms with van der Waals surface area (Å²) in [5.41, 5.74) is -0.0356. The topological polar surface area (TPSA) is 21.3 Å². The predicted molar refractivity (Wildman–Crippen MR) is 68.9 cm³/mol. The average molecular weight is 252 g/mol. The lowest BCUT2D eigenvalue weighted by Gasteiger charge is -2.31. The molecule has 0 amide bonds. The van der Waals surface area contributed by atoms with Gasteiger partial charge in [-0.3, -0.25) is 5.32 Å². The summed E-state index contributed by atoms with van der Waals surface area (Å²) in [6, 6.07) is 0.526. The van der Waals surface area contributed by atoms with Gasteiger partial charge < -0.3 is 4.74 Å². The Morgan fingerprint density at radius 1 is 1.40 bits per heavy atom. The van der Waals surface area contributed by atoms with Crippen LogP contribution in [0.4, 0.5) is 0 Å². The fourth-order valence-electron chi connectivity index (χ4n) is 2.53. The van der Waals surface area contributed by atoms with Gasteiger partial charge in [-0.15, -0.1) is 12.4 Å². The lowest BCUT2D eigenvalue weighted by Crippen LogP contribution is -2.42. The second-order valence-corrected chi connectivity index (χ2v) is 6.07. The Bertz CT molecular complexity index is 199. The minimum Gasteiger partial charge on any atom is -0.359 e. The number of nitrogens with one attached hydrogen (secondary N) is 1. The standard InChI is InChI=1S/C11H21NOS.ClH/c1-9-8-13-11(2,12-9)7-10-3-5-14-6-4-10;/h9-10,12H,3-8H2,1-2H3;1H. The van der Waals surface area contributed by atoms with Crippen LogP contribution in [0.3, 0.4) is 0 Å². The van der Waals surface area contributed by atoms with E-state index in [2.05, 4.69) is 30.9 Å². The van der Waals surface area contributed by atoms with E-state index in [0.717, 1.165) is 12.5 Å². The fraction of sp³-hybridized carbons (Fsp3) is 1.00. The predicted octanol–water partition coefficient (Wildman–Crippen LogP) is 2.67. The van der Waals surface area contributed by atoms with Gasteiger partial charge in [-0.1, -0.05) is 0 Å². The molecule has 2 fully saturated rings. The van der Waals surface area contributed by atoms with Crippen LogP contribution in [-0.2, 0) is 4.74 Å². The van der Waals surface area contributed by atoms with Crippen molar-refractivity contribution in [2.24, 2.45) is 5.92 Å². The molecule has 0 aromatic heterocycles. The third-order valence-electron chi connectivity index (χ3n) is 3.22. The molecule has 2 rings (SSSR count). The molecule has 1 N–H and O–H groups in total. The molecule has 2 unspecified atom stereocenters. The molecule has 0 radical (unpaired) electrons. The van der Waals surface area contributed by atoms with Crippen molar-refractivity contribution in [3.63, 3.8) is 0 Å². The molecule has 2 saturated heterocycles. The molecule has 0 aliphatic carbocycles. The maximum atomic E-state index is 5.84. The number of thioether (sulfide) groups is 1. The Balaban J connectivity index is 0.00000112. The highest BCUT2D eigenvalue weighted by molar-refractivity contribution is 7.99. The van der Waals surface area contributed by atoms with E-state index in [1.165, 1.54) is 30.8 Å². The lowest BCUT2D eigenvalue weighted by molar-refractivity contribution is -0.0143. The number of halogens is 1. The Hall–Kier alpha value is 0.560. The van der Waals surface area contributed by atoms with Crippen molar-refractivity contribution in [2.75, 3.05) is 18.1 Å². The van der Waals surface area contributed by atoms with E-state index in [-0.39, 0.29) is 18.1 Å². The molecule has 0 bridgehead atoms. The summed E-state index contributed by atoms with van der Waals surface area (Å²) in [7, 11) is 0. The van der Waals surface area contributed by atoms with Gasteiger partial charge >= 0.3 is 0 Å². The number of ether oxygens (including phenoxy) is 1. The second-order valence-electron chi connectivity index (χ2n) is 4.85. The van der Waals surface area contributed by atoms with Gasteiger partial charge in [0.2, 0.25) is 0 Å². The van der Waals surface area contributed by atoms with Gasteiger partial charge in [-0.25, -0.2) is 0 Å². The van der Waals surface area contributed by atoms with Crippen LogP contribution in [0.1, 0.15) is 33.1 Å². The largest absolute Gasteiger partial charge is 0.359 e. The molecule has 2 aliphatic heterocycles. The molecular weight excluding hydrogens is 230 g/mol. The third kappa shape index (κ3) is 3.81. The molecule has 4 heteroatoms. The summed E-state index contributed by atoms with van der Waals surface area (Å²) in [6.45, 7) is 5.28. The first-order valence-corrected chi connectivity index (χ1v) is 6.83. The first kappa shape index (κ1) is 13.6. The first-order valence-electron chi connectivity index (χ1n) is 5.67. The smallest absolute Gasteiger partial charge is 0.117 e. The van der Waals surface area contributed by atoms with Gasteiger partial charge in [0.05, 0.1) is 6.61 Å². The number of hydrogen-bond acceptors (Lipinski definition) is 3. The van der Waals surface area contributed by atoms with E-state index in [4.69, 9.17) is 4.74 Å². The Morgan fingerprint density at radius 3 is 2.60 bits per heavy atom. The fourth-order valence-corrected chi connectivity index (χ4v) is 3.74. The summed E-state index contributed by atoms with van der Waals surface area (Å²) in [5, 5.41) is 3.55. The molecule has 2 atom stereocenters. The zero-order chi connectivity index (χ0) is 10.0. The van der Waals surface area contributed by atoms with Gasteiger partial charge in [-0.2, -0.15) is 11.8 Å². The van der Waals surface area contributed by atoms with Crippen molar-refractivity contribution >= 4 is 24.2 Å². The molecule has 90 valence electrons. The van der Waals surface area contributed by atoms with Crippen molar-refractivity contribution in [3.05, 3.63) is 0 Å². The van der Waals surface area contributed by atoms with Gasteiger partial charge in [0.15, 0.2) is 0 Å². The maximum Gasteiger partial charge on any atom is 0.117 e. The summed E-state index contributed by atoms with van der Waals surface area (Å²) >= 11 is 2.09. The Labute approximate surface area is 103 Å². The third-order valence-corrected chi connectivity index (χ3v) is 4.27. The van der Waals surface area contributed by atoms with Crippen molar-refractivity contribution < 1.29 is 4.74 Å². The average Bonchev–Trinajstić information content (AvgIpc) is 2.47. The van der Waals surface area contributed by atoms with Crippen LogP contribution < -0.4 is 5.32 Å². The number of rotatable bonds is 2. The number of hydrogen-bond donors (Lipinski definition) is 1. The summed E-state index contributed by atoms with van der Waals surface area (Å²) in [4.78, 5) is 0. The minimum absolute atomic E-state index is 0. The van der Waals surface area contributed by atoms with E-state index in [9.17, 15) is 0 Å². The van der Waals surface area contributed by atoms with Crippen molar-refractivity contribution in [2.45, 2.75) is 44.9 Å². The van der Waals surface area contributed by atoms with E-state index < -0.39 is 0 Å². The van der Waals surface area contributed by atoms with Crippen LogP contribution in [0.15, 0.2) is 0 Å². The van der Waals surface area contributed by atoms with Crippen LogP contribution in [0.5, 0.6) is 0 Å². The highest BCUT2D eigenvalue weighted by Crippen LogP contribution is 2.32. The molecule has 2 nitrogen and oxygen atoms in total. The zero-order valence-electron chi connectivity index (χ0n) is 9.62. The highest BCUT2D eigenvalue weighted by atomic mass is 35.5. The van der Waals surface area contributed by atoms with Crippen LogP contribution in [0.2, 0.25) is 0 Å². The normalized spacial score (nSPS) is 37.6. The van der Waals surface area contributed by atoms with Gasteiger partial charge in [0, 0.05) is 6.04 Å².